The van der Waals surface area contributed by atoms with Crippen molar-refractivity contribution < 1.29 is 9.59 Å². The molecule has 0 fully saturated rings. The van der Waals surface area contributed by atoms with E-state index in [1.807, 2.05) is 0 Å². The molecule has 2 atom stereocenters. The molecule has 5 heteroatoms. The maximum absolute atomic E-state index is 10.6. The van der Waals surface area contributed by atoms with E-state index in [1.165, 1.54) is 77.0 Å². The molecule has 0 rings (SSSR count). The fraction of sp³-hybridized carbons (Fsp3) is 0.929. The zero-order chi connectivity index (χ0) is 25.7. The van der Waals surface area contributed by atoms with Gasteiger partial charge in [0.2, 0.25) is 0 Å². The molecule has 0 spiro atoms. The Morgan fingerprint density at radius 3 is 1.15 bits per heavy atom. The van der Waals surface area contributed by atoms with Gasteiger partial charge in [0.15, 0.2) is 0 Å². The van der Waals surface area contributed by atoms with Crippen LogP contribution in [0.3, 0.4) is 0 Å². The average Bonchev–Trinajstić information content (AvgIpc) is 2.80. The monoisotopic (exact) mass is 608 g/mol. The first-order valence-electron chi connectivity index (χ1n) is 13.9. The molecule has 0 amide bonds. The minimum absolute atomic E-state index is 0.0788. The van der Waals surface area contributed by atoms with Gasteiger partial charge in [-0.25, -0.2) is 0 Å². The van der Waals surface area contributed by atoms with Crippen molar-refractivity contribution in [3.63, 3.8) is 0 Å². The average molecular weight is 608 g/mol. The first-order valence-corrected chi connectivity index (χ1v) is 18.8. The normalized spacial score (nSPS) is 11.8. The quantitative estimate of drug-likeness (QED) is 0.0785. The number of hydrogen-bond donors (Lipinski definition) is 0. The van der Waals surface area contributed by atoms with E-state index in [9.17, 15) is 9.59 Å². The number of carbonyl (C=O) groups excluding carboxylic acids is 2. The third-order valence-electron chi connectivity index (χ3n) is 6.01. The second-order valence-corrected chi connectivity index (χ2v) is 14.3. The summed E-state index contributed by atoms with van der Waals surface area (Å²) >= 11 is 9.19. The van der Waals surface area contributed by atoms with E-state index in [0.29, 0.717) is 12.8 Å². The van der Waals surface area contributed by atoms with Crippen LogP contribution in [0.4, 0.5) is 0 Å². The molecule has 0 saturated carbocycles. The summed E-state index contributed by atoms with van der Waals surface area (Å²) in [4.78, 5) is 21.1. The van der Waals surface area contributed by atoms with Crippen molar-refractivity contribution >= 4 is 56.6 Å². The Morgan fingerprint density at radius 2 is 0.909 bits per heavy atom. The van der Waals surface area contributed by atoms with Gasteiger partial charge in [-0.3, -0.25) is 0 Å². The van der Waals surface area contributed by atoms with Crippen molar-refractivity contribution in [2.75, 3.05) is 0 Å². The van der Waals surface area contributed by atoms with Gasteiger partial charge in [0.25, 0.3) is 0 Å². The van der Waals surface area contributed by atoms with Gasteiger partial charge in [0, 0.05) is 10.2 Å². The van der Waals surface area contributed by atoms with Crippen LogP contribution in [0.2, 0.25) is 8.87 Å². The number of rotatable bonds is 20. The molecule has 0 aliphatic carbocycles. The van der Waals surface area contributed by atoms with Crippen LogP contribution in [0.25, 0.3) is 0 Å². The molecule has 0 heterocycles. The van der Waals surface area contributed by atoms with Crippen LogP contribution in [-0.2, 0) is 34.8 Å². The van der Waals surface area contributed by atoms with Crippen LogP contribution in [0.1, 0.15) is 144 Å². The summed E-state index contributed by atoms with van der Waals surface area (Å²) in [6.45, 7) is 13.4. The van der Waals surface area contributed by atoms with Crippen LogP contribution < -0.4 is 0 Å². The van der Waals surface area contributed by atoms with E-state index in [1.54, 1.807) is 8.87 Å². The van der Waals surface area contributed by atoms with Gasteiger partial charge in [-0.2, -0.15) is 0 Å². The van der Waals surface area contributed by atoms with Crippen LogP contribution in [0.5, 0.6) is 0 Å². The molecule has 0 aliphatic heterocycles. The predicted octanol–water partition coefficient (Wildman–Crippen LogP) is 9.24. The van der Waals surface area contributed by atoms with E-state index in [-0.39, 0.29) is 31.4 Å². The van der Waals surface area contributed by atoms with E-state index < -0.39 is 0 Å². The van der Waals surface area contributed by atoms with Crippen LogP contribution in [0.15, 0.2) is 0 Å². The molecule has 33 heavy (non-hydrogen) atoms. The Balaban J connectivity index is -0.000000414. The SMILES string of the molecule is CCCCC(CC)CCC(=O)[S-].CCCCC(CC)CCC(=O)[S-].CCC[CH2][Sn+2][CH2]CCC. The number of hydrogen-bond acceptors (Lipinski definition) is 4. The summed E-state index contributed by atoms with van der Waals surface area (Å²) in [5, 5.41) is -0.158. The van der Waals surface area contributed by atoms with Gasteiger partial charge in [0.05, 0.1) is 0 Å². The van der Waals surface area contributed by atoms with Crippen molar-refractivity contribution in [2.45, 2.75) is 153 Å². The van der Waals surface area contributed by atoms with Gasteiger partial charge in [-0.15, -0.1) is 0 Å². The molecule has 0 bridgehead atoms. The fourth-order valence-electron chi connectivity index (χ4n) is 3.46. The summed E-state index contributed by atoms with van der Waals surface area (Å²) < 4.78 is 3.25. The van der Waals surface area contributed by atoms with E-state index in [0.717, 1.165) is 24.7 Å². The molecule has 2 nitrogen and oxygen atoms in total. The zero-order valence-corrected chi connectivity index (χ0v) is 27.5. The van der Waals surface area contributed by atoms with Crippen molar-refractivity contribution in [1.82, 2.24) is 0 Å². The Bertz CT molecular complexity index is 369. The van der Waals surface area contributed by atoms with Gasteiger partial charge < -0.3 is 34.8 Å². The predicted molar refractivity (Wildman–Crippen MR) is 155 cm³/mol. The second-order valence-electron chi connectivity index (χ2n) is 9.11. The first kappa shape index (κ1) is 38.1. The van der Waals surface area contributed by atoms with Gasteiger partial charge in [0.1, 0.15) is 0 Å². The molecule has 0 aromatic rings. The summed E-state index contributed by atoms with van der Waals surface area (Å²) in [6, 6.07) is 0. The number of carbonyl (C=O) groups is 2. The minimum atomic E-state index is -0.0788. The Labute approximate surface area is 230 Å². The van der Waals surface area contributed by atoms with Crippen LogP contribution in [0, 0.1) is 11.8 Å². The standard InChI is InChI=1S/2C10H20OS.2C4H9.Sn/c2*1-3-5-6-9(4-2)7-8-10(11)12;2*1-3-4-2;/h2*9H,3-8H2,1-2H3,(H,11,12);2*1,3-4H2,2H3;/q;;;;+2/p-2. The summed E-state index contributed by atoms with van der Waals surface area (Å²) in [6.07, 6.45) is 19.0. The van der Waals surface area contributed by atoms with Gasteiger partial charge in [-0.05, 0) is 37.5 Å². The van der Waals surface area contributed by atoms with Crippen molar-refractivity contribution in [1.29, 1.82) is 0 Å². The third-order valence-corrected chi connectivity index (χ3v) is 10.5. The molecule has 0 aromatic carbocycles. The van der Waals surface area contributed by atoms with Crippen LogP contribution >= 0.6 is 0 Å². The first-order chi connectivity index (χ1) is 15.8. The number of unbranched alkanes of at least 4 members (excludes halogenated alkanes) is 4. The molecule has 0 aliphatic rings. The van der Waals surface area contributed by atoms with Gasteiger partial charge in [-0.1, -0.05) is 79.1 Å². The molecule has 2 unspecified atom stereocenters. The Kier molecular flexibility index (Phi) is 37.6. The Morgan fingerprint density at radius 1 is 0.576 bits per heavy atom. The molecule has 0 aromatic heterocycles. The summed E-state index contributed by atoms with van der Waals surface area (Å²) in [5.41, 5.74) is 0. The molecular formula is C28H56O2S2Sn. The molecule has 0 saturated heterocycles. The molecular weight excluding hydrogens is 551 g/mol. The van der Waals surface area contributed by atoms with E-state index in [4.69, 9.17) is 0 Å². The Hall–Kier alpha value is 0.579. The molecule has 0 radical (unpaired) electrons. The van der Waals surface area contributed by atoms with E-state index >= 15 is 0 Å². The zero-order valence-electron chi connectivity index (χ0n) is 23.0. The van der Waals surface area contributed by atoms with Crippen LogP contribution in [-0.4, -0.2) is 31.4 Å². The fourth-order valence-corrected chi connectivity index (χ4v) is 7.86. The van der Waals surface area contributed by atoms with Gasteiger partial charge >= 0.3 is 69.5 Å². The third kappa shape index (κ3) is 37.3. The molecule has 0 N–H and O–H groups in total. The van der Waals surface area contributed by atoms with Crippen molar-refractivity contribution in [2.24, 2.45) is 11.8 Å². The van der Waals surface area contributed by atoms with Crippen molar-refractivity contribution in [3.8, 4) is 0 Å². The second kappa shape index (κ2) is 32.6. The summed E-state index contributed by atoms with van der Waals surface area (Å²) in [7, 11) is 0. The van der Waals surface area contributed by atoms with E-state index in [2.05, 4.69) is 66.8 Å². The maximum atomic E-state index is 10.6. The van der Waals surface area contributed by atoms with Crippen molar-refractivity contribution in [3.05, 3.63) is 0 Å². The molecule has 196 valence electrons. The summed E-state index contributed by atoms with van der Waals surface area (Å²) in [5.74, 6) is 1.44. The topological polar surface area (TPSA) is 34.1 Å².